The fraction of sp³-hybridized carbons (Fsp3) is 0.200. The summed E-state index contributed by atoms with van der Waals surface area (Å²) in [5.41, 5.74) is 3.52. The molecule has 0 fully saturated rings. The minimum atomic E-state index is 0. The Bertz CT molecular complexity index is 853. The molecular formula is C25H28ClNO2. The first-order valence-corrected chi connectivity index (χ1v) is 9.66. The molecule has 0 bridgehead atoms. The standard InChI is InChI=1S/C25H27NO2.ClH/c27-18-16-26(21-24-10-5-2-6-11-24)17-19-28-25-13-7-12-23(20-25)15-14-22-8-3-1-4-9-22;/h1-15,20,27H,16-19,21H2;1H. The molecule has 0 aliphatic heterocycles. The molecule has 0 spiro atoms. The minimum Gasteiger partial charge on any atom is -0.492 e. The van der Waals surface area contributed by atoms with E-state index in [-0.39, 0.29) is 19.0 Å². The molecule has 0 aromatic heterocycles. The van der Waals surface area contributed by atoms with Crippen molar-refractivity contribution in [1.29, 1.82) is 0 Å². The Hall–Kier alpha value is -2.59. The number of ether oxygens (including phenoxy) is 1. The van der Waals surface area contributed by atoms with Gasteiger partial charge in [-0.2, -0.15) is 0 Å². The third-order valence-electron chi connectivity index (χ3n) is 4.47. The molecule has 0 aliphatic carbocycles. The molecule has 0 heterocycles. The molecule has 29 heavy (non-hydrogen) atoms. The summed E-state index contributed by atoms with van der Waals surface area (Å²) in [6, 6.07) is 28.7. The monoisotopic (exact) mass is 409 g/mol. The summed E-state index contributed by atoms with van der Waals surface area (Å²) < 4.78 is 5.96. The summed E-state index contributed by atoms with van der Waals surface area (Å²) in [7, 11) is 0. The Morgan fingerprint density at radius 2 is 1.41 bits per heavy atom. The number of halogens is 1. The van der Waals surface area contributed by atoms with Crippen molar-refractivity contribution in [2.75, 3.05) is 26.3 Å². The largest absolute Gasteiger partial charge is 0.492 e. The van der Waals surface area contributed by atoms with Gasteiger partial charge in [-0.3, -0.25) is 4.90 Å². The van der Waals surface area contributed by atoms with E-state index in [2.05, 4.69) is 47.4 Å². The average Bonchev–Trinajstić information content (AvgIpc) is 2.74. The van der Waals surface area contributed by atoms with E-state index in [1.807, 2.05) is 54.6 Å². The molecule has 0 saturated carbocycles. The molecule has 3 aromatic rings. The van der Waals surface area contributed by atoms with E-state index in [4.69, 9.17) is 4.74 Å². The van der Waals surface area contributed by atoms with Crippen LogP contribution in [-0.4, -0.2) is 36.3 Å². The van der Waals surface area contributed by atoms with E-state index in [0.717, 1.165) is 24.4 Å². The van der Waals surface area contributed by atoms with Gasteiger partial charge in [0.1, 0.15) is 12.4 Å². The third-order valence-corrected chi connectivity index (χ3v) is 4.47. The van der Waals surface area contributed by atoms with Gasteiger partial charge >= 0.3 is 0 Å². The van der Waals surface area contributed by atoms with Crippen LogP contribution in [0.15, 0.2) is 84.9 Å². The second-order valence-corrected chi connectivity index (χ2v) is 6.65. The van der Waals surface area contributed by atoms with Crippen LogP contribution in [0.5, 0.6) is 5.75 Å². The molecular weight excluding hydrogens is 382 g/mol. The molecule has 0 saturated heterocycles. The Balaban J connectivity index is 0.00000300. The van der Waals surface area contributed by atoms with Crippen molar-refractivity contribution in [2.24, 2.45) is 0 Å². The average molecular weight is 410 g/mol. The molecule has 1 N–H and O–H groups in total. The lowest BCUT2D eigenvalue weighted by Crippen LogP contribution is -2.30. The van der Waals surface area contributed by atoms with Crippen LogP contribution in [0.4, 0.5) is 0 Å². The Morgan fingerprint density at radius 1 is 0.759 bits per heavy atom. The quantitative estimate of drug-likeness (QED) is 0.470. The van der Waals surface area contributed by atoms with Crippen molar-refractivity contribution in [3.8, 4) is 5.75 Å². The maximum atomic E-state index is 9.33. The number of hydrogen-bond acceptors (Lipinski definition) is 3. The fourth-order valence-electron chi connectivity index (χ4n) is 3.01. The summed E-state index contributed by atoms with van der Waals surface area (Å²) in [5.74, 6) is 0.860. The van der Waals surface area contributed by atoms with Crippen molar-refractivity contribution < 1.29 is 9.84 Å². The Labute approximate surface area is 179 Å². The van der Waals surface area contributed by atoms with Gasteiger partial charge in [-0.25, -0.2) is 0 Å². The molecule has 152 valence electrons. The molecule has 0 aliphatic rings. The zero-order chi connectivity index (χ0) is 19.4. The topological polar surface area (TPSA) is 32.7 Å². The highest BCUT2D eigenvalue weighted by molar-refractivity contribution is 5.85. The van der Waals surface area contributed by atoms with E-state index >= 15 is 0 Å². The van der Waals surface area contributed by atoms with Gasteiger partial charge in [0.05, 0.1) is 6.61 Å². The SMILES string of the molecule is Cl.OCCN(CCOc1cccc(C=Cc2ccccc2)c1)Cc1ccccc1. The zero-order valence-electron chi connectivity index (χ0n) is 16.5. The van der Waals surface area contributed by atoms with Gasteiger partial charge in [0, 0.05) is 19.6 Å². The summed E-state index contributed by atoms with van der Waals surface area (Å²) >= 11 is 0. The predicted molar refractivity (Wildman–Crippen MR) is 123 cm³/mol. The molecule has 0 amide bonds. The Kier molecular flexibility index (Phi) is 10.0. The lowest BCUT2D eigenvalue weighted by molar-refractivity contribution is 0.163. The lowest BCUT2D eigenvalue weighted by atomic mass is 10.1. The van der Waals surface area contributed by atoms with Gasteiger partial charge in [0.25, 0.3) is 0 Å². The summed E-state index contributed by atoms with van der Waals surface area (Å²) in [6.45, 7) is 2.94. The van der Waals surface area contributed by atoms with Crippen molar-refractivity contribution in [3.63, 3.8) is 0 Å². The van der Waals surface area contributed by atoms with Crippen LogP contribution >= 0.6 is 12.4 Å². The first-order valence-electron chi connectivity index (χ1n) is 9.66. The van der Waals surface area contributed by atoms with Crippen LogP contribution in [0.1, 0.15) is 16.7 Å². The number of nitrogens with zero attached hydrogens (tertiary/aromatic N) is 1. The molecule has 0 unspecified atom stereocenters. The minimum absolute atomic E-state index is 0. The summed E-state index contributed by atoms with van der Waals surface area (Å²) in [4.78, 5) is 2.20. The first-order chi connectivity index (χ1) is 13.8. The van der Waals surface area contributed by atoms with Gasteiger partial charge < -0.3 is 9.84 Å². The van der Waals surface area contributed by atoms with Crippen LogP contribution in [-0.2, 0) is 6.54 Å². The smallest absolute Gasteiger partial charge is 0.119 e. The van der Waals surface area contributed by atoms with Gasteiger partial charge in [0.15, 0.2) is 0 Å². The molecule has 0 radical (unpaired) electrons. The molecule has 3 aromatic carbocycles. The van der Waals surface area contributed by atoms with Crippen LogP contribution < -0.4 is 4.74 Å². The van der Waals surface area contributed by atoms with Crippen LogP contribution in [0.3, 0.4) is 0 Å². The fourth-order valence-corrected chi connectivity index (χ4v) is 3.01. The van der Waals surface area contributed by atoms with E-state index in [1.54, 1.807) is 0 Å². The van der Waals surface area contributed by atoms with Crippen molar-refractivity contribution >= 4 is 24.6 Å². The highest BCUT2D eigenvalue weighted by Crippen LogP contribution is 2.16. The van der Waals surface area contributed by atoms with Crippen molar-refractivity contribution in [2.45, 2.75) is 6.54 Å². The number of aliphatic hydroxyl groups is 1. The number of rotatable bonds is 10. The van der Waals surface area contributed by atoms with E-state index in [1.165, 1.54) is 11.1 Å². The maximum absolute atomic E-state index is 9.33. The summed E-state index contributed by atoms with van der Waals surface area (Å²) in [6.07, 6.45) is 4.19. The van der Waals surface area contributed by atoms with Crippen molar-refractivity contribution in [1.82, 2.24) is 4.90 Å². The van der Waals surface area contributed by atoms with Crippen molar-refractivity contribution in [3.05, 3.63) is 102 Å². The lowest BCUT2D eigenvalue weighted by Gasteiger charge is -2.21. The van der Waals surface area contributed by atoms with Gasteiger partial charge in [-0.15, -0.1) is 12.4 Å². The molecule has 3 rings (SSSR count). The molecule has 4 heteroatoms. The highest BCUT2D eigenvalue weighted by atomic mass is 35.5. The van der Waals surface area contributed by atoms with E-state index < -0.39 is 0 Å². The normalized spacial score (nSPS) is 10.8. The maximum Gasteiger partial charge on any atom is 0.119 e. The summed E-state index contributed by atoms with van der Waals surface area (Å²) in [5, 5.41) is 9.33. The number of hydrogen-bond donors (Lipinski definition) is 1. The van der Waals surface area contributed by atoms with Gasteiger partial charge in [0.2, 0.25) is 0 Å². The van der Waals surface area contributed by atoms with Crippen LogP contribution in [0.25, 0.3) is 12.2 Å². The number of benzene rings is 3. The predicted octanol–water partition coefficient (Wildman–Crippen LogP) is 5.15. The van der Waals surface area contributed by atoms with E-state index in [9.17, 15) is 5.11 Å². The highest BCUT2D eigenvalue weighted by Gasteiger charge is 2.06. The second kappa shape index (κ2) is 12.8. The van der Waals surface area contributed by atoms with Gasteiger partial charge in [-0.05, 0) is 28.8 Å². The molecule has 0 atom stereocenters. The molecule has 3 nitrogen and oxygen atoms in total. The number of aliphatic hydroxyl groups excluding tert-OH is 1. The van der Waals surface area contributed by atoms with Crippen LogP contribution in [0, 0.1) is 0 Å². The van der Waals surface area contributed by atoms with E-state index in [0.29, 0.717) is 13.2 Å². The zero-order valence-corrected chi connectivity index (χ0v) is 17.3. The second-order valence-electron chi connectivity index (χ2n) is 6.65. The third kappa shape index (κ3) is 8.12. The van der Waals surface area contributed by atoms with Gasteiger partial charge in [-0.1, -0.05) is 84.9 Å². The first kappa shape index (κ1) is 22.7. The van der Waals surface area contributed by atoms with Crippen LogP contribution in [0.2, 0.25) is 0 Å². The Morgan fingerprint density at radius 3 is 2.14 bits per heavy atom.